The van der Waals surface area contributed by atoms with Crippen molar-refractivity contribution >= 4 is 0 Å². The third-order valence-corrected chi connectivity index (χ3v) is 5.34. The average Bonchev–Trinajstić information content (AvgIpc) is 2.83. The van der Waals surface area contributed by atoms with E-state index < -0.39 is 0 Å². The summed E-state index contributed by atoms with van der Waals surface area (Å²) in [6, 6.07) is 8.95. The fraction of sp³-hybridized carbons (Fsp3) is 0.667. The fourth-order valence-corrected chi connectivity index (χ4v) is 3.97. The topological polar surface area (TPSA) is 32.7 Å². The molecule has 1 N–H and O–H groups in total. The summed E-state index contributed by atoms with van der Waals surface area (Å²) in [5.41, 5.74) is 2.76. The molecule has 2 unspecified atom stereocenters. The van der Waals surface area contributed by atoms with Crippen LogP contribution in [-0.4, -0.2) is 49.0 Å². The van der Waals surface area contributed by atoms with Gasteiger partial charge in [0.25, 0.3) is 0 Å². The maximum absolute atomic E-state index is 9.59. The van der Waals surface area contributed by atoms with Gasteiger partial charge >= 0.3 is 0 Å². The van der Waals surface area contributed by atoms with Crippen LogP contribution in [0.5, 0.6) is 0 Å². The Morgan fingerprint density at radius 3 is 2.95 bits per heavy atom. The van der Waals surface area contributed by atoms with Gasteiger partial charge in [0.1, 0.15) is 5.60 Å². The van der Waals surface area contributed by atoms with Crippen molar-refractivity contribution in [2.24, 2.45) is 0 Å². The van der Waals surface area contributed by atoms with Crippen molar-refractivity contribution in [2.75, 3.05) is 33.4 Å². The van der Waals surface area contributed by atoms with E-state index in [4.69, 9.17) is 4.74 Å². The second kappa shape index (κ2) is 6.47. The quantitative estimate of drug-likeness (QED) is 0.865. The number of rotatable bonds is 4. The standard InChI is InChI=1S/C18H27NO2/c1-21-18(14-20)10-11-19(13-18)12-16-8-3-2-6-15-7-4-5-9-17(15)16/h4-5,7,9,16,20H,2-3,6,8,10-14H2,1H3. The van der Waals surface area contributed by atoms with Crippen molar-refractivity contribution in [1.29, 1.82) is 0 Å². The van der Waals surface area contributed by atoms with E-state index in [0.717, 1.165) is 26.1 Å². The average molecular weight is 289 g/mol. The van der Waals surface area contributed by atoms with Crippen molar-refractivity contribution in [1.82, 2.24) is 4.90 Å². The first kappa shape index (κ1) is 15.0. The van der Waals surface area contributed by atoms with Gasteiger partial charge in [-0.3, -0.25) is 4.90 Å². The molecule has 0 amide bonds. The molecule has 3 rings (SSSR count). The number of hydrogen-bond acceptors (Lipinski definition) is 3. The van der Waals surface area contributed by atoms with Crippen LogP contribution in [0.15, 0.2) is 24.3 Å². The van der Waals surface area contributed by atoms with E-state index in [-0.39, 0.29) is 12.2 Å². The van der Waals surface area contributed by atoms with Gasteiger partial charge in [0, 0.05) is 26.7 Å². The summed E-state index contributed by atoms with van der Waals surface area (Å²) < 4.78 is 5.57. The number of fused-ring (bicyclic) bond motifs is 1. The van der Waals surface area contributed by atoms with Crippen molar-refractivity contribution in [3.8, 4) is 0 Å². The molecule has 116 valence electrons. The maximum Gasteiger partial charge on any atom is 0.105 e. The zero-order chi connectivity index (χ0) is 14.7. The normalized spacial score (nSPS) is 30.1. The van der Waals surface area contributed by atoms with Crippen LogP contribution in [0.1, 0.15) is 42.7 Å². The van der Waals surface area contributed by atoms with Gasteiger partial charge in [-0.25, -0.2) is 0 Å². The van der Waals surface area contributed by atoms with E-state index in [1.807, 2.05) is 0 Å². The van der Waals surface area contributed by atoms with Crippen molar-refractivity contribution in [3.63, 3.8) is 0 Å². The van der Waals surface area contributed by atoms with Crippen molar-refractivity contribution in [2.45, 2.75) is 43.6 Å². The number of methoxy groups -OCH3 is 1. The minimum Gasteiger partial charge on any atom is -0.393 e. The molecule has 0 radical (unpaired) electrons. The number of ether oxygens (including phenoxy) is 1. The molecule has 2 aliphatic rings. The smallest absolute Gasteiger partial charge is 0.105 e. The molecule has 0 spiro atoms. The molecule has 1 aromatic rings. The third-order valence-electron chi connectivity index (χ3n) is 5.34. The number of nitrogens with zero attached hydrogens (tertiary/aromatic N) is 1. The molecule has 1 aromatic carbocycles. The minimum atomic E-state index is -0.329. The molecule has 1 aliphatic carbocycles. The van der Waals surface area contributed by atoms with Gasteiger partial charge in [0.15, 0.2) is 0 Å². The monoisotopic (exact) mass is 289 g/mol. The SMILES string of the molecule is COC1(CO)CCN(CC2CCCCc3ccccc32)C1. The van der Waals surface area contributed by atoms with Crippen LogP contribution >= 0.6 is 0 Å². The van der Waals surface area contributed by atoms with Crippen LogP contribution in [0.4, 0.5) is 0 Å². The molecule has 1 heterocycles. The predicted octanol–water partition coefficient (Wildman–Crippen LogP) is 2.58. The second-order valence-electron chi connectivity index (χ2n) is 6.67. The zero-order valence-electron chi connectivity index (χ0n) is 13.1. The van der Waals surface area contributed by atoms with Gasteiger partial charge in [-0.05, 0) is 42.7 Å². The maximum atomic E-state index is 9.59. The number of aliphatic hydroxyl groups excluding tert-OH is 1. The predicted molar refractivity (Wildman–Crippen MR) is 84.6 cm³/mol. The third kappa shape index (κ3) is 3.15. The van der Waals surface area contributed by atoms with E-state index in [9.17, 15) is 5.11 Å². The molecule has 3 nitrogen and oxygen atoms in total. The lowest BCUT2D eigenvalue weighted by Crippen LogP contribution is -2.39. The summed E-state index contributed by atoms with van der Waals surface area (Å²) in [5, 5.41) is 9.59. The Balaban J connectivity index is 1.71. The van der Waals surface area contributed by atoms with Crippen LogP contribution in [0.25, 0.3) is 0 Å². The number of aliphatic hydroxyl groups is 1. The molecule has 1 aliphatic heterocycles. The first-order valence-electron chi connectivity index (χ1n) is 8.22. The van der Waals surface area contributed by atoms with Crippen molar-refractivity contribution in [3.05, 3.63) is 35.4 Å². The summed E-state index contributed by atoms with van der Waals surface area (Å²) >= 11 is 0. The Bertz CT molecular complexity index is 470. The highest BCUT2D eigenvalue weighted by Gasteiger charge is 2.38. The van der Waals surface area contributed by atoms with Gasteiger partial charge < -0.3 is 9.84 Å². The Morgan fingerprint density at radius 1 is 1.33 bits per heavy atom. The Morgan fingerprint density at radius 2 is 2.19 bits per heavy atom. The lowest BCUT2D eigenvalue weighted by molar-refractivity contribution is -0.0431. The zero-order valence-corrected chi connectivity index (χ0v) is 13.1. The molecular formula is C18H27NO2. The van der Waals surface area contributed by atoms with Gasteiger partial charge in [0.05, 0.1) is 6.61 Å². The fourth-order valence-electron chi connectivity index (χ4n) is 3.97. The van der Waals surface area contributed by atoms with E-state index in [0.29, 0.717) is 5.92 Å². The second-order valence-corrected chi connectivity index (χ2v) is 6.67. The summed E-state index contributed by atoms with van der Waals surface area (Å²) in [5.74, 6) is 0.634. The lowest BCUT2D eigenvalue weighted by Gasteiger charge is -2.28. The minimum absolute atomic E-state index is 0.126. The van der Waals surface area contributed by atoms with Gasteiger partial charge in [-0.1, -0.05) is 30.7 Å². The summed E-state index contributed by atoms with van der Waals surface area (Å²) in [6.07, 6.45) is 6.08. The van der Waals surface area contributed by atoms with Crippen molar-refractivity contribution < 1.29 is 9.84 Å². The molecule has 1 saturated heterocycles. The van der Waals surface area contributed by atoms with E-state index in [2.05, 4.69) is 29.2 Å². The Hall–Kier alpha value is -0.900. The van der Waals surface area contributed by atoms with Crippen LogP contribution in [-0.2, 0) is 11.2 Å². The summed E-state index contributed by atoms with van der Waals surface area (Å²) in [4.78, 5) is 2.48. The van der Waals surface area contributed by atoms with E-state index >= 15 is 0 Å². The molecule has 0 saturated carbocycles. The molecule has 2 atom stereocenters. The largest absolute Gasteiger partial charge is 0.393 e. The summed E-state index contributed by atoms with van der Waals surface area (Å²) in [7, 11) is 1.72. The van der Waals surface area contributed by atoms with Gasteiger partial charge in [-0.15, -0.1) is 0 Å². The molecule has 1 fully saturated rings. The number of hydrogen-bond donors (Lipinski definition) is 1. The number of benzene rings is 1. The number of likely N-dealkylation sites (tertiary alicyclic amines) is 1. The molecule has 21 heavy (non-hydrogen) atoms. The highest BCUT2D eigenvalue weighted by molar-refractivity contribution is 5.32. The van der Waals surface area contributed by atoms with Gasteiger partial charge in [-0.2, -0.15) is 0 Å². The van der Waals surface area contributed by atoms with Crippen LogP contribution in [0.3, 0.4) is 0 Å². The number of aryl methyl sites for hydroxylation is 1. The van der Waals surface area contributed by atoms with E-state index in [1.165, 1.54) is 25.7 Å². The summed E-state index contributed by atoms with van der Waals surface area (Å²) in [6.45, 7) is 3.12. The van der Waals surface area contributed by atoms with E-state index in [1.54, 1.807) is 18.2 Å². The van der Waals surface area contributed by atoms with Crippen LogP contribution < -0.4 is 0 Å². The Kier molecular flexibility index (Phi) is 4.63. The molecule has 0 bridgehead atoms. The molecular weight excluding hydrogens is 262 g/mol. The first-order chi connectivity index (χ1) is 10.3. The highest BCUT2D eigenvalue weighted by Crippen LogP contribution is 2.33. The van der Waals surface area contributed by atoms with Crippen LogP contribution in [0, 0.1) is 0 Å². The highest BCUT2D eigenvalue weighted by atomic mass is 16.5. The van der Waals surface area contributed by atoms with Crippen LogP contribution in [0.2, 0.25) is 0 Å². The molecule has 3 heteroatoms. The lowest BCUT2D eigenvalue weighted by atomic mass is 9.92. The molecule has 0 aromatic heterocycles. The van der Waals surface area contributed by atoms with Gasteiger partial charge in [0.2, 0.25) is 0 Å². The Labute approximate surface area is 127 Å². The first-order valence-corrected chi connectivity index (χ1v) is 8.22.